The summed E-state index contributed by atoms with van der Waals surface area (Å²) in [4.78, 5) is 27.0. The number of nitrogens with one attached hydrogen (secondary N) is 2. The van der Waals surface area contributed by atoms with E-state index in [2.05, 4.69) is 10.6 Å². The summed E-state index contributed by atoms with van der Waals surface area (Å²) in [6.07, 6.45) is 0.950. The van der Waals surface area contributed by atoms with Crippen LogP contribution < -0.4 is 20.1 Å². The molecule has 2 unspecified atom stereocenters. The van der Waals surface area contributed by atoms with Gasteiger partial charge in [-0.15, -0.1) is 0 Å². The van der Waals surface area contributed by atoms with E-state index in [1.807, 2.05) is 36.1 Å². The van der Waals surface area contributed by atoms with E-state index in [4.69, 9.17) is 9.47 Å². The van der Waals surface area contributed by atoms with Crippen LogP contribution in [0.1, 0.15) is 19.8 Å². The number of fused-ring (bicyclic) bond motifs is 1. The van der Waals surface area contributed by atoms with E-state index in [0.717, 1.165) is 25.9 Å². The molecule has 2 fully saturated rings. The maximum atomic E-state index is 12.8. The van der Waals surface area contributed by atoms with Crippen LogP contribution in [-0.4, -0.2) is 61.6 Å². The van der Waals surface area contributed by atoms with Crippen molar-refractivity contribution in [2.75, 3.05) is 32.8 Å². The standard InChI is InChI=1S/C20H27N3O4/c1-13(14-10-21-11-14)19(24)22-15-6-8-23(9-7-15)20(25)18-12-26-16-4-2-3-5-17(16)27-18/h2-5,13-15,18,21H,6-12H2,1H3,(H,22,24). The molecule has 2 saturated heterocycles. The van der Waals surface area contributed by atoms with Crippen LogP contribution in [-0.2, 0) is 9.59 Å². The van der Waals surface area contributed by atoms with Gasteiger partial charge in [0.25, 0.3) is 5.91 Å². The van der Waals surface area contributed by atoms with Gasteiger partial charge in [-0.1, -0.05) is 19.1 Å². The van der Waals surface area contributed by atoms with Crippen molar-refractivity contribution in [3.8, 4) is 11.5 Å². The molecule has 0 aromatic heterocycles. The second-order valence-corrected chi connectivity index (χ2v) is 7.68. The van der Waals surface area contributed by atoms with Crippen molar-refractivity contribution >= 4 is 11.8 Å². The van der Waals surface area contributed by atoms with Crippen LogP contribution in [0.3, 0.4) is 0 Å². The summed E-state index contributed by atoms with van der Waals surface area (Å²) < 4.78 is 11.5. The van der Waals surface area contributed by atoms with E-state index < -0.39 is 6.10 Å². The average Bonchev–Trinajstić information content (AvgIpc) is 2.66. The molecular formula is C20H27N3O4. The van der Waals surface area contributed by atoms with Crippen LogP contribution in [0, 0.1) is 11.8 Å². The van der Waals surface area contributed by atoms with Gasteiger partial charge < -0.3 is 25.0 Å². The Bertz CT molecular complexity index is 698. The van der Waals surface area contributed by atoms with Crippen LogP contribution in [0.5, 0.6) is 11.5 Å². The van der Waals surface area contributed by atoms with Gasteiger partial charge >= 0.3 is 0 Å². The maximum Gasteiger partial charge on any atom is 0.267 e. The molecule has 4 rings (SSSR count). The van der Waals surface area contributed by atoms with E-state index in [1.54, 1.807) is 0 Å². The predicted molar refractivity (Wildman–Crippen MR) is 99.6 cm³/mol. The number of piperidine rings is 1. The molecular weight excluding hydrogens is 346 g/mol. The Hall–Kier alpha value is -2.28. The molecule has 7 nitrogen and oxygen atoms in total. The fourth-order valence-corrected chi connectivity index (χ4v) is 3.80. The van der Waals surface area contributed by atoms with E-state index in [9.17, 15) is 9.59 Å². The van der Waals surface area contributed by atoms with Crippen molar-refractivity contribution in [2.24, 2.45) is 11.8 Å². The van der Waals surface area contributed by atoms with Gasteiger partial charge in [-0.05, 0) is 44.0 Å². The third kappa shape index (κ3) is 3.88. The summed E-state index contributed by atoms with van der Waals surface area (Å²) in [5.74, 6) is 1.87. The molecule has 3 aliphatic heterocycles. The number of amides is 2. The number of ether oxygens (including phenoxy) is 2. The summed E-state index contributed by atoms with van der Waals surface area (Å²) in [6.45, 7) is 5.34. The Morgan fingerprint density at radius 1 is 1.19 bits per heavy atom. The second-order valence-electron chi connectivity index (χ2n) is 7.68. The van der Waals surface area contributed by atoms with Crippen molar-refractivity contribution in [2.45, 2.75) is 31.9 Å². The third-order valence-electron chi connectivity index (χ3n) is 5.87. The van der Waals surface area contributed by atoms with E-state index in [-0.39, 0.29) is 30.4 Å². The smallest absolute Gasteiger partial charge is 0.267 e. The number of rotatable bonds is 4. The Balaban J connectivity index is 1.25. The number of benzene rings is 1. The molecule has 27 heavy (non-hydrogen) atoms. The molecule has 146 valence electrons. The first-order chi connectivity index (χ1) is 13.1. The van der Waals surface area contributed by atoms with Gasteiger partial charge in [-0.25, -0.2) is 0 Å². The molecule has 7 heteroatoms. The topological polar surface area (TPSA) is 79.9 Å². The first kappa shape index (κ1) is 18.1. The Labute approximate surface area is 159 Å². The molecule has 1 aromatic carbocycles. The van der Waals surface area contributed by atoms with Gasteiger partial charge in [0.05, 0.1) is 0 Å². The normalized spacial score (nSPS) is 24.0. The Morgan fingerprint density at radius 2 is 1.89 bits per heavy atom. The monoisotopic (exact) mass is 373 g/mol. The maximum absolute atomic E-state index is 12.8. The first-order valence-electron chi connectivity index (χ1n) is 9.80. The highest BCUT2D eigenvalue weighted by atomic mass is 16.6. The van der Waals surface area contributed by atoms with Crippen molar-refractivity contribution in [3.63, 3.8) is 0 Å². The molecule has 2 N–H and O–H groups in total. The molecule has 0 bridgehead atoms. The van der Waals surface area contributed by atoms with E-state index in [0.29, 0.717) is 30.5 Å². The quantitative estimate of drug-likeness (QED) is 0.816. The zero-order chi connectivity index (χ0) is 18.8. The van der Waals surface area contributed by atoms with Gasteiger partial charge in [0.2, 0.25) is 12.0 Å². The lowest BCUT2D eigenvalue weighted by molar-refractivity contribution is -0.142. The van der Waals surface area contributed by atoms with Crippen LogP contribution in [0.25, 0.3) is 0 Å². The van der Waals surface area contributed by atoms with Gasteiger partial charge in [0.1, 0.15) is 6.61 Å². The van der Waals surface area contributed by atoms with Gasteiger partial charge in [0, 0.05) is 25.0 Å². The highest BCUT2D eigenvalue weighted by molar-refractivity contribution is 5.82. The molecule has 0 aliphatic carbocycles. The highest BCUT2D eigenvalue weighted by Gasteiger charge is 2.34. The number of hydrogen-bond donors (Lipinski definition) is 2. The number of hydrogen-bond acceptors (Lipinski definition) is 5. The fourth-order valence-electron chi connectivity index (χ4n) is 3.80. The molecule has 0 spiro atoms. The molecule has 2 atom stereocenters. The van der Waals surface area contributed by atoms with Crippen molar-refractivity contribution < 1.29 is 19.1 Å². The minimum absolute atomic E-state index is 0.0387. The first-order valence-corrected chi connectivity index (χ1v) is 9.80. The largest absolute Gasteiger partial charge is 0.485 e. The zero-order valence-electron chi connectivity index (χ0n) is 15.6. The second kappa shape index (κ2) is 7.76. The summed E-state index contributed by atoms with van der Waals surface area (Å²) in [7, 11) is 0. The fraction of sp³-hybridized carbons (Fsp3) is 0.600. The molecule has 1 aromatic rings. The van der Waals surface area contributed by atoms with Crippen molar-refractivity contribution in [3.05, 3.63) is 24.3 Å². The number of likely N-dealkylation sites (tertiary alicyclic amines) is 1. The Morgan fingerprint density at radius 3 is 2.56 bits per heavy atom. The predicted octanol–water partition coefficient (Wildman–Crippen LogP) is 0.789. The summed E-state index contributed by atoms with van der Waals surface area (Å²) >= 11 is 0. The third-order valence-corrected chi connectivity index (χ3v) is 5.87. The number of para-hydroxylation sites is 2. The van der Waals surface area contributed by atoms with Gasteiger partial charge in [0.15, 0.2) is 11.5 Å². The minimum atomic E-state index is -0.600. The van der Waals surface area contributed by atoms with Crippen LogP contribution in [0.2, 0.25) is 0 Å². The van der Waals surface area contributed by atoms with Gasteiger partial charge in [-0.2, -0.15) is 0 Å². The zero-order valence-corrected chi connectivity index (χ0v) is 15.6. The Kier molecular flexibility index (Phi) is 5.20. The van der Waals surface area contributed by atoms with Gasteiger partial charge in [-0.3, -0.25) is 9.59 Å². The van der Waals surface area contributed by atoms with Crippen molar-refractivity contribution in [1.82, 2.24) is 15.5 Å². The van der Waals surface area contributed by atoms with E-state index in [1.165, 1.54) is 0 Å². The molecule has 3 aliphatic rings. The minimum Gasteiger partial charge on any atom is -0.485 e. The molecule has 2 amide bonds. The lowest BCUT2D eigenvalue weighted by Crippen LogP contribution is -2.54. The van der Waals surface area contributed by atoms with Crippen LogP contribution >= 0.6 is 0 Å². The SMILES string of the molecule is CC(C(=O)NC1CCN(C(=O)C2COc3ccccc3O2)CC1)C1CNC1. The molecule has 0 radical (unpaired) electrons. The number of nitrogens with zero attached hydrogens (tertiary/aromatic N) is 1. The molecule has 3 heterocycles. The van der Waals surface area contributed by atoms with Crippen LogP contribution in [0.15, 0.2) is 24.3 Å². The number of carbonyl (C=O) groups excluding carboxylic acids is 2. The lowest BCUT2D eigenvalue weighted by atomic mass is 9.88. The highest BCUT2D eigenvalue weighted by Crippen LogP contribution is 2.31. The average molecular weight is 373 g/mol. The lowest BCUT2D eigenvalue weighted by Gasteiger charge is -2.37. The summed E-state index contributed by atoms with van der Waals surface area (Å²) in [5.41, 5.74) is 0. The van der Waals surface area contributed by atoms with Crippen LogP contribution in [0.4, 0.5) is 0 Å². The molecule has 0 saturated carbocycles. The summed E-state index contributed by atoms with van der Waals surface area (Å²) in [5, 5.41) is 6.37. The van der Waals surface area contributed by atoms with Crippen molar-refractivity contribution in [1.29, 1.82) is 0 Å². The summed E-state index contributed by atoms with van der Waals surface area (Å²) in [6, 6.07) is 7.54. The number of carbonyl (C=O) groups is 2. The van der Waals surface area contributed by atoms with E-state index >= 15 is 0 Å².